The number of urea groups is 1. The Morgan fingerprint density at radius 1 is 1.07 bits per heavy atom. The first-order chi connectivity index (χ1) is 14.2. The number of aryl methyl sites for hydroxylation is 1. The minimum atomic E-state index is -3.53. The fourth-order valence-electron chi connectivity index (χ4n) is 4.79. The second kappa shape index (κ2) is 7.94. The van der Waals surface area contributed by atoms with Crippen LogP contribution >= 0.6 is 0 Å². The van der Waals surface area contributed by atoms with Gasteiger partial charge in [0.05, 0.1) is 11.6 Å². The van der Waals surface area contributed by atoms with E-state index in [2.05, 4.69) is 5.32 Å². The predicted molar refractivity (Wildman–Crippen MR) is 112 cm³/mol. The van der Waals surface area contributed by atoms with Crippen molar-refractivity contribution in [2.45, 2.75) is 50.0 Å². The molecule has 1 N–H and O–H groups in total. The van der Waals surface area contributed by atoms with E-state index in [1.807, 2.05) is 18.7 Å². The van der Waals surface area contributed by atoms with Crippen molar-refractivity contribution in [3.8, 4) is 0 Å². The van der Waals surface area contributed by atoms with Gasteiger partial charge in [0.15, 0.2) is 0 Å². The highest BCUT2D eigenvalue weighted by atomic mass is 32.2. The molecule has 8 nitrogen and oxygen atoms in total. The summed E-state index contributed by atoms with van der Waals surface area (Å²) in [6, 6.07) is 6.53. The van der Waals surface area contributed by atoms with Crippen LogP contribution in [0.1, 0.15) is 38.2 Å². The molecule has 3 amide bonds. The van der Waals surface area contributed by atoms with Gasteiger partial charge in [-0.05, 0) is 37.8 Å². The first-order valence-corrected chi connectivity index (χ1v) is 12.1. The zero-order valence-corrected chi connectivity index (χ0v) is 18.5. The fourth-order valence-corrected chi connectivity index (χ4v) is 6.22. The summed E-state index contributed by atoms with van der Waals surface area (Å²) in [7, 11) is -3.53. The van der Waals surface area contributed by atoms with E-state index >= 15 is 0 Å². The predicted octanol–water partition coefficient (Wildman–Crippen LogP) is 1.76. The molecule has 30 heavy (non-hydrogen) atoms. The van der Waals surface area contributed by atoms with Gasteiger partial charge < -0.3 is 5.32 Å². The third kappa shape index (κ3) is 3.63. The van der Waals surface area contributed by atoms with Crippen LogP contribution in [0.3, 0.4) is 0 Å². The van der Waals surface area contributed by atoms with E-state index in [0.29, 0.717) is 37.5 Å². The van der Waals surface area contributed by atoms with Gasteiger partial charge in [-0.25, -0.2) is 18.1 Å². The number of rotatable bonds is 4. The number of imide groups is 1. The minimum absolute atomic E-state index is 0.129. The number of carbonyl (C=O) groups excluding carboxylic acids is 2. The molecule has 1 spiro atoms. The highest BCUT2D eigenvalue weighted by Gasteiger charge is 2.55. The largest absolute Gasteiger partial charge is 0.326 e. The van der Waals surface area contributed by atoms with E-state index in [0.717, 1.165) is 24.8 Å². The standard InChI is InChI=1S/C21H30N4O4S/c1-16-6-8-18(9-7-16)30(28,29)24-13-11-23(12-14-24)15-25-19(26)21(22-20(25)27)10-4-3-5-17(21)2/h6-9,17H,3-5,10-15H2,1-2H3,(H,22,27)/t17-,21-/m1/s1. The Labute approximate surface area is 178 Å². The number of hydrogen-bond donors (Lipinski definition) is 1. The van der Waals surface area contributed by atoms with E-state index in [4.69, 9.17) is 0 Å². The first-order valence-electron chi connectivity index (χ1n) is 10.7. The number of benzene rings is 1. The summed E-state index contributed by atoms with van der Waals surface area (Å²) in [5.41, 5.74) is 0.253. The molecule has 2 aliphatic heterocycles. The van der Waals surface area contributed by atoms with Crippen LogP contribution in [0.25, 0.3) is 0 Å². The Morgan fingerprint density at radius 3 is 2.37 bits per heavy atom. The highest BCUT2D eigenvalue weighted by molar-refractivity contribution is 7.89. The molecule has 3 fully saturated rings. The van der Waals surface area contributed by atoms with Gasteiger partial charge in [0.2, 0.25) is 10.0 Å². The SMILES string of the molecule is Cc1ccc(S(=O)(=O)N2CCN(CN3C(=O)N[C@@]4(CCCC[C@H]4C)C3=O)CC2)cc1. The van der Waals surface area contributed by atoms with Crippen molar-refractivity contribution < 1.29 is 18.0 Å². The molecular formula is C21H30N4O4S. The molecule has 1 aliphatic carbocycles. The Hall–Kier alpha value is -1.97. The number of amides is 3. The Bertz CT molecular complexity index is 925. The summed E-state index contributed by atoms with van der Waals surface area (Å²) in [6.07, 6.45) is 3.66. The molecule has 1 saturated carbocycles. The van der Waals surface area contributed by atoms with Crippen LogP contribution in [0.15, 0.2) is 29.2 Å². The molecular weight excluding hydrogens is 404 g/mol. The van der Waals surface area contributed by atoms with E-state index in [1.54, 1.807) is 24.3 Å². The van der Waals surface area contributed by atoms with Gasteiger partial charge in [-0.2, -0.15) is 4.31 Å². The second-order valence-corrected chi connectivity index (χ2v) is 10.7. The number of piperazine rings is 1. The van der Waals surface area contributed by atoms with E-state index in [1.165, 1.54) is 9.21 Å². The number of nitrogens with zero attached hydrogens (tertiary/aromatic N) is 3. The molecule has 0 unspecified atom stereocenters. The third-order valence-electron chi connectivity index (χ3n) is 6.83. The van der Waals surface area contributed by atoms with Gasteiger partial charge in [-0.15, -0.1) is 0 Å². The van der Waals surface area contributed by atoms with Crippen LogP contribution in [0.2, 0.25) is 0 Å². The maximum absolute atomic E-state index is 13.1. The molecule has 0 radical (unpaired) electrons. The number of carbonyl (C=O) groups is 2. The van der Waals surface area contributed by atoms with Crippen molar-refractivity contribution in [1.82, 2.24) is 19.4 Å². The summed E-state index contributed by atoms with van der Waals surface area (Å²) in [4.78, 5) is 29.3. The maximum atomic E-state index is 13.1. The van der Waals surface area contributed by atoms with Crippen LogP contribution < -0.4 is 5.32 Å². The van der Waals surface area contributed by atoms with Crippen LogP contribution in [0, 0.1) is 12.8 Å². The molecule has 2 saturated heterocycles. The first kappa shape index (κ1) is 21.3. The number of sulfonamides is 1. The molecule has 2 atom stereocenters. The smallest absolute Gasteiger partial charge is 0.323 e. The molecule has 164 valence electrons. The quantitative estimate of drug-likeness (QED) is 0.730. The lowest BCUT2D eigenvalue weighted by atomic mass is 9.73. The van der Waals surface area contributed by atoms with Crippen molar-refractivity contribution in [2.24, 2.45) is 5.92 Å². The normalized spacial score (nSPS) is 28.9. The second-order valence-electron chi connectivity index (χ2n) is 8.76. The topological polar surface area (TPSA) is 90.0 Å². The van der Waals surface area contributed by atoms with Gasteiger partial charge in [0, 0.05) is 26.2 Å². The number of hydrogen-bond acceptors (Lipinski definition) is 5. The summed E-state index contributed by atoms with van der Waals surface area (Å²) in [5.74, 6) is -0.00129. The van der Waals surface area contributed by atoms with Crippen LogP contribution in [0.4, 0.5) is 4.79 Å². The van der Waals surface area contributed by atoms with Crippen molar-refractivity contribution in [1.29, 1.82) is 0 Å². The summed E-state index contributed by atoms with van der Waals surface area (Å²) in [5, 5.41) is 2.97. The third-order valence-corrected chi connectivity index (χ3v) is 8.75. The maximum Gasteiger partial charge on any atom is 0.326 e. The Kier molecular flexibility index (Phi) is 5.63. The van der Waals surface area contributed by atoms with Gasteiger partial charge in [0.1, 0.15) is 5.54 Å². The molecule has 3 aliphatic rings. The van der Waals surface area contributed by atoms with Crippen LogP contribution in [0.5, 0.6) is 0 Å². The Morgan fingerprint density at radius 2 is 1.73 bits per heavy atom. The van der Waals surface area contributed by atoms with Gasteiger partial charge in [0.25, 0.3) is 5.91 Å². The van der Waals surface area contributed by atoms with Crippen molar-refractivity contribution in [3.63, 3.8) is 0 Å². The van der Waals surface area contributed by atoms with Crippen LogP contribution in [-0.4, -0.2) is 72.8 Å². The van der Waals surface area contributed by atoms with Crippen LogP contribution in [-0.2, 0) is 14.8 Å². The molecule has 0 aromatic heterocycles. The van der Waals surface area contributed by atoms with Crippen molar-refractivity contribution in [3.05, 3.63) is 29.8 Å². The number of nitrogens with one attached hydrogen (secondary N) is 1. The molecule has 1 aromatic rings. The molecule has 1 aromatic carbocycles. The van der Waals surface area contributed by atoms with Crippen molar-refractivity contribution in [2.75, 3.05) is 32.8 Å². The van der Waals surface area contributed by atoms with E-state index < -0.39 is 15.6 Å². The average Bonchev–Trinajstić information content (AvgIpc) is 2.96. The lowest BCUT2D eigenvalue weighted by molar-refractivity contribution is -0.135. The van der Waals surface area contributed by atoms with E-state index in [9.17, 15) is 18.0 Å². The van der Waals surface area contributed by atoms with Crippen molar-refractivity contribution >= 4 is 22.0 Å². The zero-order valence-electron chi connectivity index (χ0n) is 17.6. The minimum Gasteiger partial charge on any atom is -0.323 e. The lowest BCUT2D eigenvalue weighted by Crippen LogP contribution is -2.55. The van der Waals surface area contributed by atoms with Gasteiger partial charge in [-0.3, -0.25) is 9.69 Å². The zero-order chi connectivity index (χ0) is 21.5. The van der Waals surface area contributed by atoms with Gasteiger partial charge in [-0.1, -0.05) is 37.5 Å². The Balaban J connectivity index is 1.39. The average molecular weight is 435 g/mol. The highest BCUT2D eigenvalue weighted by Crippen LogP contribution is 2.38. The molecule has 9 heteroatoms. The summed E-state index contributed by atoms with van der Waals surface area (Å²) < 4.78 is 27.2. The molecule has 2 heterocycles. The summed E-state index contributed by atoms with van der Waals surface area (Å²) >= 11 is 0. The molecule has 0 bridgehead atoms. The lowest BCUT2D eigenvalue weighted by Gasteiger charge is -2.38. The monoisotopic (exact) mass is 434 g/mol. The molecule has 4 rings (SSSR count). The fraction of sp³-hybridized carbons (Fsp3) is 0.619. The van der Waals surface area contributed by atoms with E-state index in [-0.39, 0.29) is 24.5 Å². The van der Waals surface area contributed by atoms with Gasteiger partial charge >= 0.3 is 6.03 Å². The summed E-state index contributed by atoms with van der Waals surface area (Å²) in [6.45, 7) is 5.79.